The Morgan fingerprint density at radius 1 is 1.50 bits per heavy atom. The average Bonchev–Trinajstić information content (AvgIpc) is 2.78. The summed E-state index contributed by atoms with van der Waals surface area (Å²) in [5.41, 5.74) is 0. The SMILES string of the molecule is CC(=O)C1CCCN(c2nc(C(F)(F)F)ns2)C1. The van der Waals surface area contributed by atoms with Crippen LogP contribution in [0, 0.1) is 5.92 Å². The summed E-state index contributed by atoms with van der Waals surface area (Å²) in [4.78, 5) is 16.5. The quantitative estimate of drug-likeness (QED) is 0.833. The number of ketones is 1. The summed E-state index contributed by atoms with van der Waals surface area (Å²) in [6.45, 7) is 2.56. The van der Waals surface area contributed by atoms with E-state index in [0.717, 1.165) is 24.4 Å². The Morgan fingerprint density at radius 2 is 2.22 bits per heavy atom. The lowest BCUT2D eigenvalue weighted by Crippen LogP contribution is -2.38. The first-order valence-electron chi connectivity index (χ1n) is 5.54. The summed E-state index contributed by atoms with van der Waals surface area (Å²) in [6.07, 6.45) is -2.94. The summed E-state index contributed by atoms with van der Waals surface area (Å²) in [6, 6.07) is 0. The van der Waals surface area contributed by atoms with Crippen LogP contribution in [0.25, 0.3) is 0 Å². The van der Waals surface area contributed by atoms with Crippen molar-refractivity contribution in [2.75, 3.05) is 18.0 Å². The molecule has 2 rings (SSSR count). The molecule has 1 aromatic heterocycles. The molecule has 0 N–H and O–H groups in total. The smallest absolute Gasteiger partial charge is 0.346 e. The Hall–Kier alpha value is -1.18. The van der Waals surface area contributed by atoms with Crippen LogP contribution in [-0.2, 0) is 11.0 Å². The van der Waals surface area contributed by atoms with Crippen molar-refractivity contribution >= 4 is 22.4 Å². The fourth-order valence-electron chi connectivity index (χ4n) is 1.94. The molecule has 0 aromatic carbocycles. The van der Waals surface area contributed by atoms with Gasteiger partial charge in [-0.25, -0.2) is 0 Å². The average molecular weight is 279 g/mol. The van der Waals surface area contributed by atoms with Crippen molar-refractivity contribution in [2.45, 2.75) is 25.9 Å². The first-order valence-corrected chi connectivity index (χ1v) is 6.31. The van der Waals surface area contributed by atoms with Crippen LogP contribution in [0.1, 0.15) is 25.6 Å². The molecular weight excluding hydrogens is 267 g/mol. The second-order valence-electron chi connectivity index (χ2n) is 4.29. The number of halogens is 3. The first kappa shape index (κ1) is 13.3. The molecule has 0 radical (unpaired) electrons. The topological polar surface area (TPSA) is 46.1 Å². The molecule has 1 saturated heterocycles. The number of carbonyl (C=O) groups is 1. The minimum Gasteiger partial charge on any atom is -0.346 e. The number of nitrogens with zero attached hydrogens (tertiary/aromatic N) is 3. The summed E-state index contributed by atoms with van der Waals surface area (Å²) in [7, 11) is 0. The highest BCUT2D eigenvalue weighted by molar-refractivity contribution is 7.09. The zero-order valence-electron chi connectivity index (χ0n) is 9.70. The van der Waals surface area contributed by atoms with Crippen LogP contribution in [0.2, 0.25) is 0 Å². The summed E-state index contributed by atoms with van der Waals surface area (Å²) in [5, 5.41) is 0.244. The number of piperidine rings is 1. The third-order valence-corrected chi connectivity index (χ3v) is 3.71. The lowest BCUT2D eigenvalue weighted by atomic mass is 9.95. The van der Waals surface area contributed by atoms with E-state index in [9.17, 15) is 18.0 Å². The van der Waals surface area contributed by atoms with Crippen LogP contribution in [0.3, 0.4) is 0 Å². The van der Waals surface area contributed by atoms with Gasteiger partial charge in [-0.2, -0.15) is 22.5 Å². The van der Waals surface area contributed by atoms with Crippen LogP contribution in [0.15, 0.2) is 0 Å². The molecule has 18 heavy (non-hydrogen) atoms. The Morgan fingerprint density at radius 3 is 2.78 bits per heavy atom. The minimum atomic E-state index is -4.51. The van der Waals surface area contributed by atoms with E-state index < -0.39 is 12.0 Å². The minimum absolute atomic E-state index is 0.0697. The van der Waals surface area contributed by atoms with Gasteiger partial charge < -0.3 is 4.90 Å². The van der Waals surface area contributed by atoms with E-state index in [4.69, 9.17) is 0 Å². The number of alkyl halides is 3. The second kappa shape index (κ2) is 4.83. The lowest BCUT2D eigenvalue weighted by molar-refractivity contribution is -0.144. The molecule has 1 aliphatic heterocycles. The molecule has 1 aromatic rings. The van der Waals surface area contributed by atoms with Crippen molar-refractivity contribution in [3.8, 4) is 0 Å². The third kappa shape index (κ3) is 2.80. The normalized spacial score (nSPS) is 21.1. The predicted octanol–water partition coefficient (Wildman–Crippen LogP) is 2.36. The monoisotopic (exact) mass is 279 g/mol. The molecule has 2 heterocycles. The first-order chi connectivity index (χ1) is 8.38. The van der Waals surface area contributed by atoms with Gasteiger partial charge in [0.05, 0.1) is 0 Å². The third-order valence-electron chi connectivity index (χ3n) is 2.94. The molecule has 1 unspecified atom stereocenters. The van der Waals surface area contributed by atoms with Crippen molar-refractivity contribution in [1.29, 1.82) is 0 Å². The van der Waals surface area contributed by atoms with Gasteiger partial charge in [0, 0.05) is 30.5 Å². The van der Waals surface area contributed by atoms with E-state index in [2.05, 4.69) is 9.36 Å². The fraction of sp³-hybridized carbons (Fsp3) is 0.700. The lowest BCUT2D eigenvalue weighted by Gasteiger charge is -2.30. The molecule has 100 valence electrons. The maximum atomic E-state index is 12.4. The van der Waals surface area contributed by atoms with Gasteiger partial charge in [-0.05, 0) is 19.8 Å². The molecule has 0 amide bonds. The highest BCUT2D eigenvalue weighted by atomic mass is 32.1. The largest absolute Gasteiger partial charge is 0.452 e. The predicted molar refractivity (Wildman–Crippen MR) is 60.5 cm³/mol. The van der Waals surface area contributed by atoms with E-state index in [1.165, 1.54) is 6.92 Å². The molecule has 1 atom stereocenters. The highest BCUT2D eigenvalue weighted by Crippen LogP contribution is 2.31. The fourth-order valence-corrected chi connectivity index (χ4v) is 2.66. The molecule has 0 bridgehead atoms. The number of hydrogen-bond donors (Lipinski definition) is 0. The number of anilines is 1. The van der Waals surface area contributed by atoms with E-state index in [-0.39, 0.29) is 16.8 Å². The molecule has 4 nitrogen and oxygen atoms in total. The number of rotatable bonds is 2. The van der Waals surface area contributed by atoms with E-state index in [0.29, 0.717) is 13.1 Å². The van der Waals surface area contributed by atoms with Crippen LogP contribution >= 0.6 is 11.5 Å². The Balaban J connectivity index is 2.12. The van der Waals surface area contributed by atoms with Crippen LogP contribution in [0.5, 0.6) is 0 Å². The van der Waals surface area contributed by atoms with Gasteiger partial charge in [0.1, 0.15) is 5.78 Å². The van der Waals surface area contributed by atoms with Gasteiger partial charge in [-0.1, -0.05) is 0 Å². The van der Waals surface area contributed by atoms with E-state index >= 15 is 0 Å². The van der Waals surface area contributed by atoms with Gasteiger partial charge >= 0.3 is 6.18 Å². The zero-order chi connectivity index (χ0) is 13.3. The van der Waals surface area contributed by atoms with Crippen LogP contribution in [-0.4, -0.2) is 28.2 Å². The maximum absolute atomic E-state index is 12.4. The van der Waals surface area contributed by atoms with Crippen LogP contribution < -0.4 is 4.90 Å². The van der Waals surface area contributed by atoms with Crippen molar-refractivity contribution in [3.63, 3.8) is 0 Å². The van der Waals surface area contributed by atoms with Crippen LogP contribution in [0.4, 0.5) is 18.3 Å². The molecule has 0 spiro atoms. The Kier molecular flexibility index (Phi) is 3.56. The summed E-state index contributed by atoms with van der Waals surface area (Å²) in [5.74, 6) is -1.15. The second-order valence-corrected chi connectivity index (χ2v) is 5.02. The molecule has 8 heteroatoms. The van der Waals surface area contributed by atoms with Crippen molar-refractivity contribution in [1.82, 2.24) is 9.36 Å². The standard InChI is InChI=1S/C10H12F3N3OS/c1-6(17)7-3-2-4-16(5-7)9-14-8(15-18-9)10(11,12)13/h7H,2-5H2,1H3. The molecule has 0 aliphatic carbocycles. The molecule has 0 saturated carbocycles. The van der Waals surface area contributed by atoms with Gasteiger partial charge in [0.15, 0.2) is 0 Å². The zero-order valence-corrected chi connectivity index (χ0v) is 10.5. The van der Waals surface area contributed by atoms with E-state index in [1.807, 2.05) is 0 Å². The molecular formula is C10H12F3N3OS. The Bertz CT molecular complexity index is 446. The summed E-state index contributed by atoms with van der Waals surface area (Å²) >= 11 is 0.730. The highest BCUT2D eigenvalue weighted by Gasteiger charge is 2.37. The van der Waals surface area contributed by atoms with Gasteiger partial charge in [0.25, 0.3) is 0 Å². The van der Waals surface area contributed by atoms with Crippen molar-refractivity contribution in [3.05, 3.63) is 5.82 Å². The Labute approximate surface area is 106 Å². The molecule has 1 fully saturated rings. The number of carbonyl (C=O) groups excluding carboxylic acids is 1. The molecule has 1 aliphatic rings. The van der Waals surface area contributed by atoms with Gasteiger partial charge in [-0.15, -0.1) is 0 Å². The van der Waals surface area contributed by atoms with Crippen molar-refractivity contribution < 1.29 is 18.0 Å². The van der Waals surface area contributed by atoms with Gasteiger partial charge in [-0.3, -0.25) is 4.79 Å². The maximum Gasteiger partial charge on any atom is 0.452 e. The number of aromatic nitrogens is 2. The number of Topliss-reactive ketones (excluding diaryl/α,β-unsaturated/α-hetero) is 1. The summed E-state index contributed by atoms with van der Waals surface area (Å²) < 4.78 is 40.5. The van der Waals surface area contributed by atoms with Crippen molar-refractivity contribution in [2.24, 2.45) is 5.92 Å². The van der Waals surface area contributed by atoms with Gasteiger partial charge in [0.2, 0.25) is 11.0 Å². The number of hydrogen-bond acceptors (Lipinski definition) is 5. The van der Waals surface area contributed by atoms with E-state index in [1.54, 1.807) is 4.90 Å².